The maximum Gasteiger partial charge on any atom is 0.272 e. The quantitative estimate of drug-likeness (QED) is 0.517. The van der Waals surface area contributed by atoms with Crippen LogP contribution in [-0.2, 0) is 6.54 Å². The topological polar surface area (TPSA) is 77.3 Å². The van der Waals surface area contributed by atoms with E-state index in [4.69, 9.17) is 14.2 Å². The van der Waals surface area contributed by atoms with Crippen molar-refractivity contribution in [2.75, 3.05) is 52.4 Å². The molecule has 1 heterocycles. The number of hydrogen-bond acceptors (Lipinski definition) is 7. The van der Waals surface area contributed by atoms with Gasteiger partial charge in [0.15, 0.2) is 17.3 Å². The molecule has 0 radical (unpaired) electrons. The van der Waals surface area contributed by atoms with E-state index < -0.39 is 10.7 Å². The van der Waals surface area contributed by atoms with Gasteiger partial charge in [-0.3, -0.25) is 15.0 Å². The molecule has 0 atom stereocenters. The standard InChI is InChI=1S/C20H24FN3O5/c1-27-18-7-4-14(19(28-2)20(18)29-3)13-22-8-10-23(11-9-22)17-6-5-15(24(25)26)12-16(17)21/h4-7,12H,8-11,13H2,1-3H3. The fourth-order valence-electron chi connectivity index (χ4n) is 3.54. The first-order valence-electron chi connectivity index (χ1n) is 9.17. The van der Waals surface area contributed by atoms with E-state index in [1.807, 2.05) is 17.0 Å². The van der Waals surface area contributed by atoms with E-state index >= 15 is 0 Å². The van der Waals surface area contributed by atoms with Gasteiger partial charge in [0.1, 0.15) is 0 Å². The van der Waals surface area contributed by atoms with Crippen LogP contribution in [0.25, 0.3) is 0 Å². The molecular formula is C20H24FN3O5. The van der Waals surface area contributed by atoms with Crippen molar-refractivity contribution in [1.29, 1.82) is 0 Å². The Kier molecular flexibility index (Phi) is 6.38. The summed E-state index contributed by atoms with van der Waals surface area (Å²) in [5.41, 5.74) is 1.12. The van der Waals surface area contributed by atoms with Crippen molar-refractivity contribution in [2.24, 2.45) is 0 Å². The summed E-state index contributed by atoms with van der Waals surface area (Å²) < 4.78 is 30.6. The molecule has 8 nitrogen and oxygen atoms in total. The molecule has 1 fully saturated rings. The van der Waals surface area contributed by atoms with Crippen molar-refractivity contribution < 1.29 is 23.5 Å². The van der Waals surface area contributed by atoms with Crippen molar-refractivity contribution in [3.05, 3.63) is 51.8 Å². The second-order valence-electron chi connectivity index (χ2n) is 6.65. The van der Waals surface area contributed by atoms with Crippen LogP contribution in [0.3, 0.4) is 0 Å². The highest BCUT2D eigenvalue weighted by Crippen LogP contribution is 2.40. The highest BCUT2D eigenvalue weighted by Gasteiger charge is 2.23. The van der Waals surface area contributed by atoms with Gasteiger partial charge in [-0.15, -0.1) is 0 Å². The molecule has 156 valence electrons. The Morgan fingerprint density at radius 2 is 1.69 bits per heavy atom. The van der Waals surface area contributed by atoms with E-state index in [1.54, 1.807) is 21.3 Å². The summed E-state index contributed by atoms with van der Waals surface area (Å²) in [6.45, 7) is 3.32. The number of halogens is 1. The average molecular weight is 405 g/mol. The minimum absolute atomic E-state index is 0.245. The summed E-state index contributed by atoms with van der Waals surface area (Å²) in [5.74, 6) is 1.22. The molecule has 1 aliphatic heterocycles. The summed E-state index contributed by atoms with van der Waals surface area (Å²) in [7, 11) is 4.74. The van der Waals surface area contributed by atoms with Gasteiger partial charge >= 0.3 is 0 Å². The lowest BCUT2D eigenvalue weighted by atomic mass is 10.1. The number of nitrogens with zero attached hydrogens (tertiary/aromatic N) is 3. The number of piperazine rings is 1. The van der Waals surface area contributed by atoms with Gasteiger partial charge in [0, 0.05) is 44.4 Å². The van der Waals surface area contributed by atoms with Crippen LogP contribution in [0.4, 0.5) is 15.8 Å². The summed E-state index contributed by atoms with van der Waals surface area (Å²) in [6, 6.07) is 7.57. The van der Waals surface area contributed by atoms with Crippen LogP contribution in [-0.4, -0.2) is 57.3 Å². The molecule has 0 saturated carbocycles. The normalized spacial score (nSPS) is 14.6. The smallest absolute Gasteiger partial charge is 0.272 e. The van der Waals surface area contributed by atoms with Crippen molar-refractivity contribution in [3.63, 3.8) is 0 Å². The van der Waals surface area contributed by atoms with Crippen LogP contribution in [0, 0.1) is 15.9 Å². The molecule has 0 aliphatic carbocycles. The third-order valence-corrected chi connectivity index (χ3v) is 5.03. The van der Waals surface area contributed by atoms with Crippen LogP contribution in [0.1, 0.15) is 5.56 Å². The first-order valence-corrected chi connectivity index (χ1v) is 9.17. The molecule has 1 saturated heterocycles. The van der Waals surface area contributed by atoms with Crippen LogP contribution in [0.15, 0.2) is 30.3 Å². The average Bonchev–Trinajstić information content (AvgIpc) is 2.73. The fraction of sp³-hybridized carbons (Fsp3) is 0.400. The number of rotatable bonds is 7. The predicted octanol–water partition coefficient (Wildman–Crippen LogP) is 3.08. The zero-order chi connectivity index (χ0) is 21.0. The number of nitro benzene ring substituents is 1. The molecule has 0 amide bonds. The largest absolute Gasteiger partial charge is 0.493 e. The Morgan fingerprint density at radius 1 is 1.00 bits per heavy atom. The molecule has 2 aromatic rings. The molecule has 3 rings (SSSR count). The van der Waals surface area contributed by atoms with Crippen LogP contribution in [0.2, 0.25) is 0 Å². The van der Waals surface area contributed by atoms with Crippen molar-refractivity contribution in [2.45, 2.75) is 6.54 Å². The SMILES string of the molecule is COc1ccc(CN2CCN(c3ccc([N+](=O)[O-])cc3F)CC2)c(OC)c1OC. The third-order valence-electron chi connectivity index (χ3n) is 5.03. The minimum Gasteiger partial charge on any atom is -0.493 e. The number of anilines is 1. The van der Waals surface area contributed by atoms with E-state index in [9.17, 15) is 14.5 Å². The number of nitro groups is 1. The molecule has 0 unspecified atom stereocenters. The van der Waals surface area contributed by atoms with E-state index in [0.29, 0.717) is 55.7 Å². The van der Waals surface area contributed by atoms with Gasteiger partial charge in [0.25, 0.3) is 5.69 Å². The molecule has 0 spiro atoms. The lowest BCUT2D eigenvalue weighted by Gasteiger charge is -2.36. The molecule has 29 heavy (non-hydrogen) atoms. The number of methoxy groups -OCH3 is 3. The molecule has 9 heteroatoms. The highest BCUT2D eigenvalue weighted by molar-refractivity contribution is 5.56. The first-order chi connectivity index (χ1) is 14.0. The Hall–Kier alpha value is -3.07. The van der Waals surface area contributed by atoms with E-state index in [-0.39, 0.29) is 5.69 Å². The van der Waals surface area contributed by atoms with Gasteiger partial charge in [0.2, 0.25) is 5.75 Å². The molecule has 0 aromatic heterocycles. The van der Waals surface area contributed by atoms with Crippen molar-refractivity contribution in [1.82, 2.24) is 4.90 Å². The van der Waals surface area contributed by atoms with Crippen molar-refractivity contribution >= 4 is 11.4 Å². The molecule has 0 N–H and O–H groups in total. The molecule has 2 aromatic carbocycles. The van der Waals surface area contributed by atoms with Gasteiger partial charge in [-0.1, -0.05) is 6.07 Å². The zero-order valence-corrected chi connectivity index (χ0v) is 16.7. The van der Waals surface area contributed by atoms with Gasteiger partial charge in [-0.2, -0.15) is 0 Å². The minimum atomic E-state index is -0.596. The van der Waals surface area contributed by atoms with Crippen LogP contribution in [0.5, 0.6) is 17.2 Å². The maximum atomic E-state index is 14.3. The van der Waals surface area contributed by atoms with Gasteiger partial charge in [-0.25, -0.2) is 4.39 Å². The summed E-state index contributed by atoms with van der Waals surface area (Å²) >= 11 is 0. The Morgan fingerprint density at radius 3 is 2.24 bits per heavy atom. The first kappa shape index (κ1) is 20.7. The molecular weight excluding hydrogens is 381 g/mol. The van der Waals surface area contributed by atoms with Crippen LogP contribution >= 0.6 is 0 Å². The Bertz CT molecular complexity index is 885. The number of ether oxygens (including phenoxy) is 3. The fourth-order valence-corrected chi connectivity index (χ4v) is 3.54. The van der Waals surface area contributed by atoms with E-state index in [0.717, 1.165) is 11.6 Å². The highest BCUT2D eigenvalue weighted by atomic mass is 19.1. The lowest BCUT2D eigenvalue weighted by Crippen LogP contribution is -2.46. The lowest BCUT2D eigenvalue weighted by molar-refractivity contribution is -0.385. The second kappa shape index (κ2) is 8.95. The number of hydrogen-bond donors (Lipinski definition) is 0. The van der Waals surface area contributed by atoms with Gasteiger partial charge < -0.3 is 19.1 Å². The van der Waals surface area contributed by atoms with Crippen molar-refractivity contribution in [3.8, 4) is 17.2 Å². The second-order valence-corrected chi connectivity index (χ2v) is 6.65. The van der Waals surface area contributed by atoms with Gasteiger partial charge in [-0.05, 0) is 12.1 Å². The number of benzene rings is 2. The van der Waals surface area contributed by atoms with E-state index in [1.165, 1.54) is 12.1 Å². The monoisotopic (exact) mass is 405 g/mol. The summed E-state index contributed by atoms with van der Waals surface area (Å²) in [5, 5.41) is 10.8. The molecule has 0 bridgehead atoms. The number of non-ortho nitro benzene ring substituents is 1. The molecule has 1 aliphatic rings. The van der Waals surface area contributed by atoms with E-state index in [2.05, 4.69) is 4.90 Å². The Labute approximate surface area is 168 Å². The third kappa shape index (κ3) is 4.34. The van der Waals surface area contributed by atoms with Gasteiger partial charge in [0.05, 0.1) is 38.0 Å². The summed E-state index contributed by atoms with van der Waals surface area (Å²) in [4.78, 5) is 14.3. The predicted molar refractivity (Wildman–Crippen MR) is 107 cm³/mol. The van der Waals surface area contributed by atoms with Crippen LogP contribution < -0.4 is 19.1 Å². The zero-order valence-electron chi connectivity index (χ0n) is 16.7. The maximum absolute atomic E-state index is 14.3. The summed E-state index contributed by atoms with van der Waals surface area (Å²) in [6.07, 6.45) is 0. The Balaban J connectivity index is 1.68.